The molecule has 4 aromatic rings. The summed E-state index contributed by atoms with van der Waals surface area (Å²) in [6.07, 6.45) is 0.386. The summed E-state index contributed by atoms with van der Waals surface area (Å²) in [5.41, 5.74) is 2.80. The summed E-state index contributed by atoms with van der Waals surface area (Å²) in [5.74, 6) is 0.817. The van der Waals surface area contributed by atoms with Crippen LogP contribution in [-0.2, 0) is 4.79 Å². The SMILES string of the molecule is COc1cccc(N(C(=O)C[C@H](C)c2ccccc2)c2nc3ccccc3s2)c1. The fourth-order valence-corrected chi connectivity index (χ4v) is 4.32. The van der Waals surface area contributed by atoms with Crippen LogP contribution in [-0.4, -0.2) is 18.0 Å². The highest BCUT2D eigenvalue weighted by Gasteiger charge is 2.24. The van der Waals surface area contributed by atoms with Gasteiger partial charge in [0.2, 0.25) is 5.91 Å². The number of carbonyl (C=O) groups is 1. The lowest BCUT2D eigenvalue weighted by atomic mass is 9.97. The van der Waals surface area contributed by atoms with Crippen molar-refractivity contribution in [3.8, 4) is 5.75 Å². The third kappa shape index (κ3) is 4.15. The van der Waals surface area contributed by atoms with E-state index < -0.39 is 0 Å². The number of hydrogen-bond acceptors (Lipinski definition) is 4. The number of para-hydroxylation sites is 1. The lowest BCUT2D eigenvalue weighted by Crippen LogP contribution is -2.27. The van der Waals surface area contributed by atoms with Crippen LogP contribution >= 0.6 is 11.3 Å². The lowest BCUT2D eigenvalue weighted by Gasteiger charge is -2.22. The van der Waals surface area contributed by atoms with Crippen LogP contribution < -0.4 is 9.64 Å². The molecule has 3 aromatic carbocycles. The van der Waals surface area contributed by atoms with Gasteiger partial charge in [0, 0.05) is 12.5 Å². The summed E-state index contributed by atoms with van der Waals surface area (Å²) in [7, 11) is 1.63. The van der Waals surface area contributed by atoms with Crippen LogP contribution in [0.25, 0.3) is 10.2 Å². The van der Waals surface area contributed by atoms with E-state index in [0.717, 1.165) is 21.5 Å². The van der Waals surface area contributed by atoms with E-state index in [2.05, 4.69) is 19.1 Å². The van der Waals surface area contributed by atoms with Crippen molar-refractivity contribution in [2.24, 2.45) is 0 Å². The first kappa shape index (κ1) is 19.2. The van der Waals surface area contributed by atoms with Crippen LogP contribution in [0.1, 0.15) is 24.8 Å². The van der Waals surface area contributed by atoms with Gasteiger partial charge < -0.3 is 4.74 Å². The van der Waals surface area contributed by atoms with Gasteiger partial charge in [0.25, 0.3) is 0 Å². The number of ether oxygens (including phenoxy) is 1. The van der Waals surface area contributed by atoms with Gasteiger partial charge in [0.05, 0.1) is 23.0 Å². The highest BCUT2D eigenvalue weighted by atomic mass is 32.1. The minimum atomic E-state index is 0.00802. The van der Waals surface area contributed by atoms with Gasteiger partial charge in [0.1, 0.15) is 5.75 Å². The Morgan fingerprint density at radius 3 is 2.55 bits per heavy atom. The van der Waals surface area contributed by atoms with Gasteiger partial charge in [-0.1, -0.05) is 66.8 Å². The molecule has 1 amide bonds. The Balaban J connectivity index is 1.72. The van der Waals surface area contributed by atoms with E-state index in [-0.39, 0.29) is 11.8 Å². The number of hydrogen-bond donors (Lipinski definition) is 0. The maximum Gasteiger partial charge on any atom is 0.233 e. The lowest BCUT2D eigenvalue weighted by molar-refractivity contribution is -0.118. The molecule has 5 heteroatoms. The average molecular weight is 403 g/mol. The fraction of sp³-hybridized carbons (Fsp3) is 0.167. The van der Waals surface area contributed by atoms with Crippen LogP contribution in [0.3, 0.4) is 0 Å². The summed E-state index contributed by atoms with van der Waals surface area (Å²) in [6.45, 7) is 2.08. The molecule has 0 aliphatic heterocycles. The van der Waals surface area contributed by atoms with Crippen LogP contribution in [0.2, 0.25) is 0 Å². The first-order valence-corrected chi connectivity index (χ1v) is 10.3. The number of methoxy groups -OCH3 is 1. The Bertz CT molecular complexity index is 1090. The van der Waals surface area contributed by atoms with Gasteiger partial charge in [-0.3, -0.25) is 9.69 Å². The second-order valence-electron chi connectivity index (χ2n) is 6.91. The van der Waals surface area contributed by atoms with Gasteiger partial charge in [-0.15, -0.1) is 0 Å². The first-order valence-electron chi connectivity index (χ1n) is 9.53. The number of rotatable bonds is 6. The minimum Gasteiger partial charge on any atom is -0.497 e. The highest BCUT2D eigenvalue weighted by Crippen LogP contribution is 2.36. The minimum absolute atomic E-state index is 0.00802. The second kappa shape index (κ2) is 8.45. The molecule has 0 radical (unpaired) electrons. The Morgan fingerprint density at radius 1 is 1.03 bits per heavy atom. The Hall–Kier alpha value is -3.18. The molecule has 0 aliphatic rings. The molecule has 0 aliphatic carbocycles. The number of amides is 1. The van der Waals surface area contributed by atoms with E-state index in [1.807, 2.05) is 66.7 Å². The molecule has 4 rings (SSSR count). The number of thiazole rings is 1. The van der Waals surface area contributed by atoms with Crippen molar-refractivity contribution in [1.82, 2.24) is 4.98 Å². The summed E-state index contributed by atoms with van der Waals surface area (Å²) in [5, 5.41) is 0.671. The average Bonchev–Trinajstić information content (AvgIpc) is 3.18. The van der Waals surface area contributed by atoms with Crippen molar-refractivity contribution < 1.29 is 9.53 Å². The topological polar surface area (TPSA) is 42.4 Å². The molecule has 0 unspecified atom stereocenters. The second-order valence-corrected chi connectivity index (χ2v) is 7.92. The maximum absolute atomic E-state index is 13.5. The Kier molecular flexibility index (Phi) is 5.58. The zero-order chi connectivity index (χ0) is 20.2. The van der Waals surface area contributed by atoms with Gasteiger partial charge >= 0.3 is 0 Å². The number of carbonyl (C=O) groups excluding carboxylic acids is 1. The molecule has 4 nitrogen and oxygen atoms in total. The van der Waals surface area contributed by atoms with Crippen LogP contribution in [0.4, 0.5) is 10.8 Å². The molecule has 0 bridgehead atoms. The molecular weight excluding hydrogens is 380 g/mol. The summed E-state index contributed by atoms with van der Waals surface area (Å²) in [6, 6.07) is 25.6. The van der Waals surface area contributed by atoms with Crippen molar-refractivity contribution in [3.05, 3.63) is 84.4 Å². The zero-order valence-electron chi connectivity index (χ0n) is 16.4. The number of fused-ring (bicyclic) bond motifs is 1. The third-order valence-electron chi connectivity index (χ3n) is 4.88. The highest BCUT2D eigenvalue weighted by molar-refractivity contribution is 7.22. The molecule has 1 aromatic heterocycles. The standard InChI is InChI=1S/C24H22N2O2S/c1-17(18-9-4-3-5-10-18)15-23(27)26(19-11-8-12-20(16-19)28-2)24-25-21-13-6-7-14-22(21)29-24/h3-14,16-17H,15H2,1-2H3/t17-/m0/s1. The molecule has 146 valence electrons. The Morgan fingerprint density at radius 2 is 1.79 bits per heavy atom. The third-order valence-corrected chi connectivity index (χ3v) is 5.91. The van der Waals surface area contributed by atoms with E-state index in [1.165, 1.54) is 11.3 Å². The molecule has 0 saturated heterocycles. The molecular formula is C24H22N2O2S. The maximum atomic E-state index is 13.5. The summed E-state index contributed by atoms with van der Waals surface area (Å²) in [4.78, 5) is 19.9. The normalized spacial score (nSPS) is 11.9. The monoisotopic (exact) mass is 402 g/mol. The van der Waals surface area contributed by atoms with Crippen molar-refractivity contribution in [2.45, 2.75) is 19.3 Å². The van der Waals surface area contributed by atoms with E-state index in [9.17, 15) is 4.79 Å². The quantitative estimate of drug-likeness (QED) is 0.388. The largest absolute Gasteiger partial charge is 0.497 e. The van der Waals surface area contributed by atoms with E-state index in [4.69, 9.17) is 9.72 Å². The van der Waals surface area contributed by atoms with Crippen LogP contribution in [0, 0.1) is 0 Å². The summed E-state index contributed by atoms with van der Waals surface area (Å²) < 4.78 is 6.43. The van der Waals surface area contributed by atoms with Crippen LogP contribution in [0.15, 0.2) is 78.9 Å². The van der Waals surface area contributed by atoms with Crippen molar-refractivity contribution >= 4 is 38.3 Å². The number of anilines is 2. The van der Waals surface area contributed by atoms with Crippen LogP contribution in [0.5, 0.6) is 5.75 Å². The van der Waals surface area contributed by atoms with Crippen molar-refractivity contribution in [1.29, 1.82) is 0 Å². The van der Waals surface area contributed by atoms with Gasteiger partial charge in [-0.2, -0.15) is 0 Å². The summed E-state index contributed by atoms with van der Waals surface area (Å²) >= 11 is 1.52. The van der Waals surface area contributed by atoms with Gasteiger partial charge in [-0.05, 0) is 35.7 Å². The predicted molar refractivity (Wildman–Crippen MR) is 119 cm³/mol. The van der Waals surface area contributed by atoms with Gasteiger partial charge in [-0.25, -0.2) is 4.98 Å². The smallest absolute Gasteiger partial charge is 0.233 e. The predicted octanol–water partition coefficient (Wildman–Crippen LogP) is 6.16. The Labute approximate surface area is 174 Å². The first-order chi connectivity index (χ1) is 14.2. The van der Waals surface area contributed by atoms with Gasteiger partial charge in [0.15, 0.2) is 5.13 Å². The molecule has 29 heavy (non-hydrogen) atoms. The molecule has 0 spiro atoms. The fourth-order valence-electron chi connectivity index (χ4n) is 3.32. The molecule has 1 atom stereocenters. The number of benzene rings is 3. The van der Waals surface area contributed by atoms with Crippen molar-refractivity contribution in [3.63, 3.8) is 0 Å². The van der Waals surface area contributed by atoms with E-state index >= 15 is 0 Å². The molecule has 1 heterocycles. The zero-order valence-corrected chi connectivity index (χ0v) is 17.2. The number of nitrogens with zero attached hydrogens (tertiary/aromatic N) is 2. The van der Waals surface area contributed by atoms with E-state index in [0.29, 0.717) is 17.3 Å². The molecule has 0 fully saturated rings. The number of aromatic nitrogens is 1. The van der Waals surface area contributed by atoms with E-state index in [1.54, 1.807) is 12.0 Å². The molecule has 0 saturated carbocycles. The molecule has 0 N–H and O–H groups in total. The van der Waals surface area contributed by atoms with Crippen molar-refractivity contribution in [2.75, 3.05) is 12.0 Å².